The topological polar surface area (TPSA) is 101 Å². The summed E-state index contributed by atoms with van der Waals surface area (Å²) in [6.07, 6.45) is 4.22. The van der Waals surface area contributed by atoms with Crippen molar-refractivity contribution in [2.24, 2.45) is 5.92 Å². The predicted molar refractivity (Wildman–Crippen MR) is 132 cm³/mol. The molecule has 0 spiro atoms. The first-order valence-electron chi connectivity index (χ1n) is 12.3. The number of hydrogen-bond donors (Lipinski definition) is 2. The summed E-state index contributed by atoms with van der Waals surface area (Å²) >= 11 is 0. The average molecular weight is 482 g/mol. The molecular weight excluding hydrogens is 446 g/mol. The Morgan fingerprint density at radius 2 is 1.83 bits per heavy atom. The first-order chi connectivity index (χ1) is 16.7. The number of hydrogen-bond acceptors (Lipinski definition) is 6. The second-order valence-corrected chi connectivity index (χ2v) is 10.5. The van der Waals surface area contributed by atoms with Crippen LogP contribution in [0.25, 0.3) is 11.1 Å². The van der Waals surface area contributed by atoms with Crippen LogP contribution in [0.15, 0.2) is 47.1 Å². The number of amides is 2. The molecule has 2 N–H and O–H groups in total. The van der Waals surface area contributed by atoms with Crippen molar-refractivity contribution >= 4 is 17.8 Å². The van der Waals surface area contributed by atoms with Gasteiger partial charge in [0.2, 0.25) is 5.91 Å². The van der Waals surface area contributed by atoms with Gasteiger partial charge in [-0.25, -0.2) is 0 Å². The smallest absolute Gasteiger partial charge is 0.310 e. The van der Waals surface area contributed by atoms with E-state index in [2.05, 4.69) is 31.4 Å². The van der Waals surface area contributed by atoms with Crippen molar-refractivity contribution < 1.29 is 23.5 Å². The molecule has 2 amide bonds. The molecule has 2 aromatic rings. The van der Waals surface area contributed by atoms with Crippen molar-refractivity contribution in [2.45, 2.75) is 70.1 Å². The summed E-state index contributed by atoms with van der Waals surface area (Å²) in [5.41, 5.74) is 1.68. The SMILES string of the molecule is COC(=O)[C@@H]1C[C@H](NC(C)(C)C)CC[C@@H]1N1CCC(NC(=O)c2cc(-c3ccccc3)co2)C1=O. The molecule has 2 heterocycles. The number of nitrogens with zero attached hydrogens (tertiary/aromatic N) is 1. The second-order valence-electron chi connectivity index (χ2n) is 10.5. The lowest BCUT2D eigenvalue weighted by Crippen LogP contribution is -2.55. The van der Waals surface area contributed by atoms with Crippen molar-refractivity contribution in [3.63, 3.8) is 0 Å². The molecule has 0 radical (unpaired) electrons. The first kappa shape index (κ1) is 25.0. The highest BCUT2D eigenvalue weighted by Gasteiger charge is 2.45. The summed E-state index contributed by atoms with van der Waals surface area (Å²) in [4.78, 5) is 40.5. The van der Waals surface area contributed by atoms with E-state index < -0.39 is 17.9 Å². The number of likely N-dealkylation sites (tertiary alicyclic amines) is 1. The molecule has 35 heavy (non-hydrogen) atoms. The molecule has 4 rings (SSSR count). The Hall–Kier alpha value is -3.13. The zero-order valence-electron chi connectivity index (χ0n) is 20.9. The van der Waals surface area contributed by atoms with Gasteiger partial charge in [-0.2, -0.15) is 0 Å². The minimum absolute atomic E-state index is 0.0662. The molecule has 1 aromatic heterocycles. The van der Waals surface area contributed by atoms with E-state index >= 15 is 0 Å². The Balaban J connectivity index is 1.41. The van der Waals surface area contributed by atoms with Crippen LogP contribution in [0.1, 0.15) is 57.0 Å². The van der Waals surface area contributed by atoms with Gasteiger partial charge in [0, 0.05) is 29.7 Å². The van der Waals surface area contributed by atoms with Gasteiger partial charge in [0.1, 0.15) is 6.04 Å². The van der Waals surface area contributed by atoms with E-state index in [0.29, 0.717) is 25.8 Å². The van der Waals surface area contributed by atoms with Crippen molar-refractivity contribution in [1.82, 2.24) is 15.5 Å². The van der Waals surface area contributed by atoms with Crippen molar-refractivity contribution in [3.8, 4) is 11.1 Å². The van der Waals surface area contributed by atoms with Crippen LogP contribution in [0, 0.1) is 5.92 Å². The molecule has 1 saturated carbocycles. The maximum absolute atomic E-state index is 13.3. The van der Waals surface area contributed by atoms with E-state index in [1.54, 1.807) is 11.0 Å². The number of benzene rings is 1. The van der Waals surface area contributed by atoms with E-state index in [1.165, 1.54) is 13.4 Å². The number of ether oxygens (including phenoxy) is 1. The van der Waals surface area contributed by atoms with Gasteiger partial charge in [-0.3, -0.25) is 14.4 Å². The van der Waals surface area contributed by atoms with E-state index in [4.69, 9.17) is 9.15 Å². The summed E-state index contributed by atoms with van der Waals surface area (Å²) in [5, 5.41) is 6.40. The molecule has 8 nitrogen and oxygen atoms in total. The fraction of sp³-hybridized carbons (Fsp3) is 0.519. The molecule has 1 aromatic carbocycles. The predicted octanol–water partition coefficient (Wildman–Crippen LogP) is 3.38. The monoisotopic (exact) mass is 481 g/mol. The molecule has 1 unspecified atom stereocenters. The highest BCUT2D eigenvalue weighted by Crippen LogP contribution is 2.33. The van der Waals surface area contributed by atoms with Gasteiger partial charge in [-0.15, -0.1) is 0 Å². The third-order valence-electron chi connectivity index (χ3n) is 6.83. The zero-order valence-corrected chi connectivity index (χ0v) is 20.9. The Morgan fingerprint density at radius 3 is 2.51 bits per heavy atom. The summed E-state index contributed by atoms with van der Waals surface area (Å²) < 4.78 is 10.6. The second kappa shape index (κ2) is 10.2. The van der Waals surface area contributed by atoms with E-state index in [-0.39, 0.29) is 35.3 Å². The quantitative estimate of drug-likeness (QED) is 0.614. The molecule has 4 atom stereocenters. The molecule has 2 aliphatic rings. The van der Waals surface area contributed by atoms with Crippen LogP contribution in [0.2, 0.25) is 0 Å². The Kier molecular flexibility index (Phi) is 7.31. The molecule has 188 valence electrons. The van der Waals surface area contributed by atoms with Crippen LogP contribution in [-0.4, -0.2) is 60.0 Å². The van der Waals surface area contributed by atoms with E-state index in [0.717, 1.165) is 17.5 Å². The van der Waals surface area contributed by atoms with Gasteiger partial charge < -0.3 is 24.7 Å². The fourth-order valence-electron chi connectivity index (χ4n) is 5.31. The minimum atomic E-state index is -0.642. The third kappa shape index (κ3) is 5.75. The van der Waals surface area contributed by atoms with Gasteiger partial charge in [0.15, 0.2) is 5.76 Å². The molecule has 1 saturated heterocycles. The van der Waals surface area contributed by atoms with E-state index in [1.807, 2.05) is 30.3 Å². The van der Waals surface area contributed by atoms with E-state index in [9.17, 15) is 14.4 Å². The Bertz CT molecular complexity index is 1060. The zero-order chi connectivity index (χ0) is 25.2. The number of methoxy groups -OCH3 is 1. The van der Waals surface area contributed by atoms with Crippen molar-refractivity contribution in [2.75, 3.05) is 13.7 Å². The molecule has 8 heteroatoms. The highest BCUT2D eigenvalue weighted by atomic mass is 16.5. The van der Waals surface area contributed by atoms with Crippen LogP contribution < -0.4 is 10.6 Å². The van der Waals surface area contributed by atoms with Gasteiger partial charge >= 0.3 is 5.97 Å². The van der Waals surface area contributed by atoms with Crippen molar-refractivity contribution in [3.05, 3.63) is 48.4 Å². The number of furan rings is 1. The standard InChI is InChI=1S/C27H35N3O5/c1-27(2,3)29-19-10-11-22(20(15-19)26(33)34-4)30-13-12-21(25(30)32)28-24(31)23-14-18(16-35-23)17-8-6-5-7-9-17/h5-9,14,16,19-22,29H,10-13,15H2,1-4H3,(H,28,31)/t19-,20-,21?,22+/m1/s1. The minimum Gasteiger partial charge on any atom is -0.469 e. The lowest BCUT2D eigenvalue weighted by Gasteiger charge is -2.41. The van der Waals surface area contributed by atoms with Crippen LogP contribution in [-0.2, 0) is 14.3 Å². The van der Waals surface area contributed by atoms with Crippen LogP contribution in [0.4, 0.5) is 0 Å². The normalized spacial score (nSPS) is 24.9. The molecule has 1 aliphatic carbocycles. The number of carbonyl (C=O) groups is 3. The lowest BCUT2D eigenvalue weighted by atomic mass is 9.80. The van der Waals surface area contributed by atoms with Crippen LogP contribution in [0.3, 0.4) is 0 Å². The summed E-state index contributed by atoms with van der Waals surface area (Å²) in [6.45, 7) is 6.80. The average Bonchev–Trinajstić information content (AvgIpc) is 3.46. The Labute approximate surface area is 206 Å². The maximum Gasteiger partial charge on any atom is 0.310 e. The number of esters is 1. The maximum atomic E-state index is 13.3. The fourth-order valence-corrected chi connectivity index (χ4v) is 5.31. The third-order valence-corrected chi connectivity index (χ3v) is 6.83. The van der Waals surface area contributed by atoms with Gasteiger partial charge in [-0.05, 0) is 58.1 Å². The molecule has 1 aliphatic heterocycles. The summed E-state index contributed by atoms with van der Waals surface area (Å²) in [7, 11) is 1.39. The van der Waals surface area contributed by atoms with Crippen LogP contribution >= 0.6 is 0 Å². The van der Waals surface area contributed by atoms with Gasteiger partial charge in [0.25, 0.3) is 5.91 Å². The van der Waals surface area contributed by atoms with Gasteiger partial charge in [-0.1, -0.05) is 30.3 Å². The van der Waals surface area contributed by atoms with Gasteiger partial charge in [0.05, 0.1) is 19.3 Å². The van der Waals surface area contributed by atoms with Crippen LogP contribution in [0.5, 0.6) is 0 Å². The number of rotatable bonds is 6. The Morgan fingerprint density at radius 1 is 1.09 bits per heavy atom. The molecule has 0 bridgehead atoms. The largest absolute Gasteiger partial charge is 0.469 e. The molecular formula is C27H35N3O5. The highest BCUT2D eigenvalue weighted by molar-refractivity contribution is 5.97. The summed E-state index contributed by atoms with van der Waals surface area (Å²) in [5.74, 6) is -1.11. The number of carbonyl (C=O) groups excluding carboxylic acids is 3. The lowest BCUT2D eigenvalue weighted by molar-refractivity contribution is -0.151. The first-order valence-corrected chi connectivity index (χ1v) is 12.3. The summed E-state index contributed by atoms with van der Waals surface area (Å²) in [6, 6.07) is 10.6. The number of nitrogens with one attached hydrogen (secondary N) is 2. The van der Waals surface area contributed by atoms with Crippen molar-refractivity contribution in [1.29, 1.82) is 0 Å². The molecule has 2 fully saturated rings.